The number of ether oxygens (including phenoxy) is 2. The molecule has 0 spiro atoms. The highest BCUT2D eigenvalue weighted by Gasteiger charge is 2.16. The Morgan fingerprint density at radius 2 is 0.690 bits per heavy atom. The third-order valence-electron chi connectivity index (χ3n) is 10.8. The number of carbonyl (C=O) groups is 2. The lowest BCUT2D eigenvalue weighted by Gasteiger charge is -2.15. The Balaban J connectivity index is 3.53. The molecule has 0 aromatic rings. The Morgan fingerprint density at radius 3 is 1.07 bits per heavy atom. The average molecular weight is 811 g/mol. The number of carbonyl (C=O) groups excluding carboxylic acids is 2. The maximum absolute atomic E-state index is 12.3. The van der Waals surface area contributed by atoms with Gasteiger partial charge in [0.05, 0.1) is 6.61 Å². The SMILES string of the molecule is CCCCC/C=C\C/C=C\CCCCCCCCCCCC(=O)OCC(CO)OC(=O)CCCCCCCCCCCC/C=C\C/C=C\C/C=C\CCCCCCC. The smallest absolute Gasteiger partial charge is 0.306 e. The van der Waals surface area contributed by atoms with Crippen LogP contribution >= 0.6 is 0 Å². The van der Waals surface area contributed by atoms with Crippen LogP contribution in [0.25, 0.3) is 0 Å². The van der Waals surface area contributed by atoms with Crippen molar-refractivity contribution < 1.29 is 24.2 Å². The van der Waals surface area contributed by atoms with E-state index in [1.54, 1.807) is 0 Å². The van der Waals surface area contributed by atoms with Gasteiger partial charge in [-0.3, -0.25) is 9.59 Å². The van der Waals surface area contributed by atoms with E-state index in [1.165, 1.54) is 161 Å². The molecule has 0 heterocycles. The van der Waals surface area contributed by atoms with Crippen LogP contribution in [0.4, 0.5) is 0 Å². The van der Waals surface area contributed by atoms with Crippen molar-refractivity contribution in [3.63, 3.8) is 0 Å². The first-order valence-electron chi connectivity index (χ1n) is 24.8. The molecule has 0 fully saturated rings. The minimum absolute atomic E-state index is 0.0705. The third-order valence-corrected chi connectivity index (χ3v) is 10.8. The van der Waals surface area contributed by atoms with Crippen molar-refractivity contribution in [2.45, 2.75) is 251 Å². The van der Waals surface area contributed by atoms with E-state index in [2.05, 4.69) is 74.6 Å². The van der Waals surface area contributed by atoms with E-state index < -0.39 is 6.10 Å². The van der Waals surface area contributed by atoms with Gasteiger partial charge in [0.1, 0.15) is 6.61 Å². The van der Waals surface area contributed by atoms with E-state index in [9.17, 15) is 14.7 Å². The molecule has 1 N–H and O–H groups in total. The Morgan fingerprint density at radius 1 is 0.397 bits per heavy atom. The summed E-state index contributed by atoms with van der Waals surface area (Å²) in [7, 11) is 0. The summed E-state index contributed by atoms with van der Waals surface area (Å²) < 4.78 is 10.7. The van der Waals surface area contributed by atoms with Gasteiger partial charge in [-0.05, 0) is 83.5 Å². The van der Waals surface area contributed by atoms with Crippen LogP contribution in [-0.4, -0.2) is 36.4 Å². The van der Waals surface area contributed by atoms with Gasteiger partial charge in [-0.25, -0.2) is 0 Å². The molecule has 0 radical (unpaired) electrons. The Hall–Kier alpha value is -2.40. The second-order valence-electron chi connectivity index (χ2n) is 16.5. The van der Waals surface area contributed by atoms with Gasteiger partial charge >= 0.3 is 11.9 Å². The fourth-order valence-electron chi connectivity index (χ4n) is 7.00. The number of allylic oxidation sites excluding steroid dienone is 10. The normalized spacial score (nSPS) is 12.7. The van der Waals surface area contributed by atoms with Crippen molar-refractivity contribution in [3.8, 4) is 0 Å². The van der Waals surface area contributed by atoms with E-state index in [0.717, 1.165) is 57.8 Å². The first-order chi connectivity index (χ1) is 28.6. The molecule has 0 aliphatic rings. The van der Waals surface area contributed by atoms with Crippen LogP contribution in [-0.2, 0) is 19.1 Å². The van der Waals surface area contributed by atoms with Gasteiger partial charge in [-0.2, -0.15) is 0 Å². The van der Waals surface area contributed by atoms with Gasteiger partial charge in [0.25, 0.3) is 0 Å². The van der Waals surface area contributed by atoms with E-state index in [1.807, 2.05) is 0 Å². The minimum Gasteiger partial charge on any atom is -0.462 e. The van der Waals surface area contributed by atoms with Crippen LogP contribution in [0.2, 0.25) is 0 Å². The predicted molar refractivity (Wildman–Crippen MR) is 251 cm³/mol. The largest absolute Gasteiger partial charge is 0.462 e. The summed E-state index contributed by atoms with van der Waals surface area (Å²) in [5.41, 5.74) is 0. The number of unbranched alkanes of at least 4 members (excludes halogenated alkanes) is 27. The number of hydrogen-bond donors (Lipinski definition) is 1. The molecule has 0 rings (SSSR count). The lowest BCUT2D eigenvalue weighted by Crippen LogP contribution is -2.28. The fraction of sp³-hybridized carbons (Fsp3) is 0.774. The topological polar surface area (TPSA) is 72.8 Å². The van der Waals surface area contributed by atoms with E-state index in [0.29, 0.717) is 12.8 Å². The molecular formula is C53H94O5. The monoisotopic (exact) mass is 811 g/mol. The van der Waals surface area contributed by atoms with Crippen molar-refractivity contribution in [2.75, 3.05) is 13.2 Å². The molecule has 0 aromatic carbocycles. The zero-order chi connectivity index (χ0) is 42.1. The number of aliphatic hydroxyl groups excluding tert-OH is 1. The van der Waals surface area contributed by atoms with Crippen molar-refractivity contribution >= 4 is 11.9 Å². The minimum atomic E-state index is -0.778. The molecule has 0 amide bonds. The molecule has 0 saturated carbocycles. The maximum Gasteiger partial charge on any atom is 0.306 e. The van der Waals surface area contributed by atoms with Crippen LogP contribution in [0, 0.1) is 0 Å². The quantitative estimate of drug-likeness (QED) is 0.0377. The van der Waals surface area contributed by atoms with Crippen LogP contribution in [0.3, 0.4) is 0 Å². The molecule has 1 unspecified atom stereocenters. The van der Waals surface area contributed by atoms with Gasteiger partial charge in [0, 0.05) is 12.8 Å². The molecular weight excluding hydrogens is 717 g/mol. The van der Waals surface area contributed by atoms with Gasteiger partial charge in [0.2, 0.25) is 0 Å². The van der Waals surface area contributed by atoms with Crippen LogP contribution in [0.1, 0.15) is 245 Å². The number of rotatable bonds is 45. The molecule has 58 heavy (non-hydrogen) atoms. The highest BCUT2D eigenvalue weighted by atomic mass is 16.6. The van der Waals surface area contributed by atoms with Crippen LogP contribution < -0.4 is 0 Å². The van der Waals surface area contributed by atoms with E-state index in [4.69, 9.17) is 9.47 Å². The van der Waals surface area contributed by atoms with Crippen molar-refractivity contribution in [1.29, 1.82) is 0 Å². The Bertz CT molecular complexity index is 1010. The lowest BCUT2D eigenvalue weighted by molar-refractivity contribution is -0.161. The van der Waals surface area contributed by atoms with Crippen LogP contribution in [0.5, 0.6) is 0 Å². The standard InChI is InChI=1S/C53H94O5/c1-3-5-7-9-11-13-15-17-19-21-23-24-25-26-27-28-30-32-34-36-38-40-42-44-46-48-53(56)58-51(49-54)50-57-52(55)47-45-43-41-39-37-35-33-31-29-22-20-18-16-14-12-10-8-6-4-2/h12,14-15,17-18,20-21,23,25-26,51,54H,3-11,13,16,19,22,24,27-50H2,1-2H3/b14-12-,17-15-,20-18-,23-21-,26-25-. The van der Waals surface area contributed by atoms with E-state index in [-0.39, 0.29) is 25.2 Å². The average Bonchev–Trinajstić information content (AvgIpc) is 3.23. The summed E-state index contributed by atoms with van der Waals surface area (Å²) in [4.78, 5) is 24.4. The number of hydrogen-bond acceptors (Lipinski definition) is 5. The summed E-state index contributed by atoms with van der Waals surface area (Å²) in [6.45, 7) is 4.11. The second kappa shape index (κ2) is 49.0. The van der Waals surface area contributed by atoms with Gasteiger partial charge in [-0.15, -0.1) is 0 Å². The van der Waals surface area contributed by atoms with Crippen molar-refractivity contribution in [3.05, 3.63) is 60.8 Å². The fourth-order valence-corrected chi connectivity index (χ4v) is 7.00. The molecule has 0 aliphatic heterocycles. The highest BCUT2D eigenvalue weighted by molar-refractivity contribution is 5.70. The highest BCUT2D eigenvalue weighted by Crippen LogP contribution is 2.15. The Kier molecular flexibility index (Phi) is 46.9. The summed E-state index contributed by atoms with van der Waals surface area (Å²) in [6, 6.07) is 0. The third kappa shape index (κ3) is 46.3. The van der Waals surface area contributed by atoms with Crippen LogP contribution in [0.15, 0.2) is 60.8 Å². The lowest BCUT2D eigenvalue weighted by atomic mass is 10.0. The first-order valence-corrected chi connectivity index (χ1v) is 24.8. The summed E-state index contributed by atoms with van der Waals surface area (Å²) >= 11 is 0. The first kappa shape index (κ1) is 55.6. The summed E-state index contributed by atoms with van der Waals surface area (Å²) in [5.74, 6) is -0.596. The molecule has 1 atom stereocenters. The van der Waals surface area contributed by atoms with Crippen molar-refractivity contribution in [1.82, 2.24) is 0 Å². The molecule has 0 saturated heterocycles. The second-order valence-corrected chi connectivity index (χ2v) is 16.5. The van der Waals surface area contributed by atoms with Gasteiger partial charge < -0.3 is 14.6 Å². The number of esters is 2. The molecule has 5 nitrogen and oxygen atoms in total. The van der Waals surface area contributed by atoms with E-state index >= 15 is 0 Å². The molecule has 0 aliphatic carbocycles. The van der Waals surface area contributed by atoms with Crippen molar-refractivity contribution in [2.24, 2.45) is 0 Å². The Labute approximate surface area is 360 Å². The predicted octanol–water partition coefficient (Wildman–Crippen LogP) is 16.3. The maximum atomic E-state index is 12.3. The zero-order valence-corrected chi connectivity index (χ0v) is 38.3. The number of aliphatic hydroxyl groups is 1. The van der Waals surface area contributed by atoms with Gasteiger partial charge in [0.15, 0.2) is 6.10 Å². The molecule has 0 aromatic heterocycles. The molecule has 0 bridgehead atoms. The van der Waals surface area contributed by atoms with Gasteiger partial charge in [-0.1, -0.05) is 209 Å². The molecule has 5 heteroatoms. The molecule has 336 valence electrons. The summed E-state index contributed by atoms with van der Waals surface area (Å²) in [6.07, 6.45) is 64.4. The summed E-state index contributed by atoms with van der Waals surface area (Å²) in [5, 5.41) is 9.62. The zero-order valence-electron chi connectivity index (χ0n) is 38.3.